The lowest BCUT2D eigenvalue weighted by Crippen LogP contribution is -2.30. The molecule has 0 radical (unpaired) electrons. The highest BCUT2D eigenvalue weighted by molar-refractivity contribution is 5.71. The molecule has 0 spiro atoms. The molecule has 1 unspecified atom stereocenters. The first-order valence-corrected chi connectivity index (χ1v) is 32.8. The summed E-state index contributed by atoms with van der Waals surface area (Å²) in [5.41, 5.74) is 0. The molecule has 0 aromatic rings. The third-order valence-corrected chi connectivity index (χ3v) is 14.5. The van der Waals surface area contributed by atoms with E-state index in [2.05, 4.69) is 81.5 Å². The maximum Gasteiger partial charge on any atom is 0.306 e. The molecule has 0 aliphatic carbocycles. The highest BCUT2D eigenvalue weighted by atomic mass is 16.6. The predicted octanol–water partition coefficient (Wildman–Crippen LogP) is 22.3. The van der Waals surface area contributed by atoms with E-state index in [1.165, 1.54) is 199 Å². The number of ether oxygens (including phenoxy) is 3. The summed E-state index contributed by atoms with van der Waals surface area (Å²) >= 11 is 0. The molecule has 6 heteroatoms. The largest absolute Gasteiger partial charge is 0.462 e. The summed E-state index contributed by atoms with van der Waals surface area (Å²) in [6, 6.07) is 0. The molecule has 0 saturated heterocycles. The van der Waals surface area contributed by atoms with Crippen LogP contribution >= 0.6 is 0 Å². The average molecular weight is 1050 g/mol. The number of carbonyl (C=O) groups excluding carboxylic acids is 3. The van der Waals surface area contributed by atoms with Crippen molar-refractivity contribution in [1.82, 2.24) is 0 Å². The van der Waals surface area contributed by atoms with E-state index >= 15 is 0 Å². The van der Waals surface area contributed by atoms with Crippen molar-refractivity contribution in [2.45, 2.75) is 348 Å². The molecule has 0 aliphatic rings. The molecule has 0 N–H and O–H groups in total. The molecule has 1 atom stereocenters. The van der Waals surface area contributed by atoms with Crippen molar-refractivity contribution in [3.63, 3.8) is 0 Å². The fraction of sp³-hybridized carbons (Fsp3) is 0.812. The summed E-state index contributed by atoms with van der Waals surface area (Å²) in [5.74, 6) is -0.880. The molecule has 0 aliphatic heterocycles. The number of hydrogen-bond donors (Lipinski definition) is 0. The van der Waals surface area contributed by atoms with Gasteiger partial charge in [0.25, 0.3) is 0 Å². The van der Waals surface area contributed by atoms with Gasteiger partial charge in [0.2, 0.25) is 0 Å². The number of allylic oxidation sites excluding steroid dienone is 10. The van der Waals surface area contributed by atoms with Gasteiger partial charge in [-0.15, -0.1) is 0 Å². The second kappa shape index (κ2) is 63.6. The smallest absolute Gasteiger partial charge is 0.306 e. The van der Waals surface area contributed by atoms with E-state index in [4.69, 9.17) is 14.2 Å². The van der Waals surface area contributed by atoms with Crippen molar-refractivity contribution in [2.24, 2.45) is 0 Å². The van der Waals surface area contributed by atoms with Crippen LogP contribution in [-0.4, -0.2) is 37.2 Å². The summed E-state index contributed by atoms with van der Waals surface area (Å²) in [5, 5.41) is 0. The van der Waals surface area contributed by atoms with Crippen LogP contribution in [0.15, 0.2) is 60.8 Å². The summed E-state index contributed by atoms with van der Waals surface area (Å²) in [4.78, 5) is 38.4. The SMILES string of the molecule is CC/C=C\C/C=C\C/C=C\CCCCCCCC(=O)OCC(COC(=O)CCCCCCCCCCC/C=C\C/C=C\CCCCCCC)OC(=O)CCCCCCCCCCCCCCCCCCCCCCC. The number of esters is 3. The Kier molecular flexibility index (Phi) is 61.2. The van der Waals surface area contributed by atoms with Gasteiger partial charge < -0.3 is 14.2 Å². The fourth-order valence-corrected chi connectivity index (χ4v) is 9.61. The Bertz CT molecular complexity index is 1340. The summed E-state index contributed by atoms with van der Waals surface area (Å²) in [6.07, 6.45) is 80.9. The minimum absolute atomic E-state index is 0.0791. The molecule has 0 fully saturated rings. The summed E-state index contributed by atoms with van der Waals surface area (Å²) in [7, 11) is 0. The second-order valence-corrected chi connectivity index (χ2v) is 22.0. The van der Waals surface area contributed by atoms with Crippen molar-refractivity contribution >= 4 is 17.9 Å². The molecule has 436 valence electrons. The maximum atomic E-state index is 12.9. The van der Waals surface area contributed by atoms with Gasteiger partial charge in [-0.1, -0.05) is 300 Å². The quantitative estimate of drug-likeness (QED) is 0.0261. The van der Waals surface area contributed by atoms with Gasteiger partial charge >= 0.3 is 17.9 Å². The number of unbranched alkanes of at least 4 members (excludes halogenated alkanes) is 39. The van der Waals surface area contributed by atoms with Crippen molar-refractivity contribution in [1.29, 1.82) is 0 Å². The first-order valence-electron chi connectivity index (χ1n) is 32.8. The molecule has 0 heterocycles. The molecule has 0 amide bonds. The van der Waals surface area contributed by atoms with E-state index in [0.29, 0.717) is 19.3 Å². The van der Waals surface area contributed by atoms with Crippen LogP contribution in [0.1, 0.15) is 342 Å². The van der Waals surface area contributed by atoms with Crippen LogP contribution in [0.3, 0.4) is 0 Å². The zero-order chi connectivity index (χ0) is 54.3. The zero-order valence-corrected chi connectivity index (χ0v) is 50.1. The molecular formula is C69H124O6. The Balaban J connectivity index is 4.34. The number of carbonyl (C=O) groups is 3. The van der Waals surface area contributed by atoms with Gasteiger partial charge in [0.05, 0.1) is 0 Å². The lowest BCUT2D eigenvalue weighted by atomic mass is 10.0. The third-order valence-electron chi connectivity index (χ3n) is 14.5. The minimum atomic E-state index is -0.783. The van der Waals surface area contributed by atoms with Crippen LogP contribution in [0.2, 0.25) is 0 Å². The van der Waals surface area contributed by atoms with E-state index < -0.39 is 6.10 Å². The topological polar surface area (TPSA) is 78.9 Å². The molecule has 0 rings (SSSR count). The van der Waals surface area contributed by atoms with Crippen molar-refractivity contribution in [3.8, 4) is 0 Å². The summed E-state index contributed by atoms with van der Waals surface area (Å²) in [6.45, 7) is 6.55. The Morgan fingerprint density at radius 1 is 0.280 bits per heavy atom. The normalized spacial score (nSPS) is 12.4. The predicted molar refractivity (Wildman–Crippen MR) is 325 cm³/mol. The van der Waals surface area contributed by atoms with Crippen molar-refractivity contribution in [2.75, 3.05) is 13.2 Å². The molecule has 0 aromatic carbocycles. The minimum Gasteiger partial charge on any atom is -0.462 e. The van der Waals surface area contributed by atoms with Gasteiger partial charge in [-0.25, -0.2) is 0 Å². The van der Waals surface area contributed by atoms with E-state index in [0.717, 1.165) is 103 Å². The maximum absolute atomic E-state index is 12.9. The van der Waals surface area contributed by atoms with Crippen molar-refractivity contribution in [3.05, 3.63) is 60.8 Å². The second-order valence-electron chi connectivity index (χ2n) is 22.0. The highest BCUT2D eigenvalue weighted by Crippen LogP contribution is 2.17. The van der Waals surface area contributed by atoms with Gasteiger partial charge in [-0.2, -0.15) is 0 Å². The van der Waals surface area contributed by atoms with Gasteiger partial charge in [-0.05, 0) is 83.5 Å². The van der Waals surface area contributed by atoms with E-state index in [1.54, 1.807) is 0 Å². The Morgan fingerprint density at radius 2 is 0.520 bits per heavy atom. The van der Waals surface area contributed by atoms with Gasteiger partial charge in [0.1, 0.15) is 13.2 Å². The van der Waals surface area contributed by atoms with E-state index in [1.807, 2.05) is 0 Å². The number of rotatable bonds is 60. The highest BCUT2D eigenvalue weighted by Gasteiger charge is 2.19. The molecular weight excluding hydrogens is 925 g/mol. The van der Waals surface area contributed by atoms with Crippen LogP contribution in [0, 0.1) is 0 Å². The lowest BCUT2D eigenvalue weighted by Gasteiger charge is -2.18. The van der Waals surface area contributed by atoms with Crippen LogP contribution < -0.4 is 0 Å². The molecule has 0 bridgehead atoms. The third kappa shape index (κ3) is 61.8. The lowest BCUT2D eigenvalue weighted by molar-refractivity contribution is -0.167. The standard InChI is InChI=1S/C69H124O6/c1-4-7-10-13-16-19-22-25-28-30-32-34-36-38-41-44-47-50-53-56-59-62-68(71)74-65-66(64-73-67(70)61-58-55-52-49-46-43-40-27-24-21-18-15-12-9-6-3)75-69(72)63-60-57-54-51-48-45-42-39-37-35-33-31-29-26-23-20-17-14-11-8-5-2/h9,12,18,21-22,25,27,30,32,40,66H,4-8,10-11,13-17,19-20,23-24,26,28-29,31,33-39,41-65H2,1-3H3/b12-9-,21-18-,25-22-,32-30-,40-27-. The van der Waals surface area contributed by atoms with Crippen molar-refractivity contribution < 1.29 is 28.6 Å². The molecule has 75 heavy (non-hydrogen) atoms. The van der Waals surface area contributed by atoms with Crippen LogP contribution in [0.5, 0.6) is 0 Å². The average Bonchev–Trinajstić information content (AvgIpc) is 3.41. The zero-order valence-electron chi connectivity index (χ0n) is 50.1. The Labute approximate surface area is 466 Å². The van der Waals surface area contributed by atoms with Gasteiger partial charge in [0, 0.05) is 19.3 Å². The Hall–Kier alpha value is -2.89. The number of hydrogen-bond acceptors (Lipinski definition) is 6. The van der Waals surface area contributed by atoms with Crippen LogP contribution in [0.25, 0.3) is 0 Å². The van der Waals surface area contributed by atoms with Crippen LogP contribution in [0.4, 0.5) is 0 Å². The monoisotopic (exact) mass is 1050 g/mol. The van der Waals surface area contributed by atoms with E-state index in [9.17, 15) is 14.4 Å². The van der Waals surface area contributed by atoms with Crippen LogP contribution in [-0.2, 0) is 28.6 Å². The molecule has 0 aromatic heterocycles. The fourth-order valence-electron chi connectivity index (χ4n) is 9.61. The Morgan fingerprint density at radius 3 is 0.813 bits per heavy atom. The first kappa shape index (κ1) is 72.1. The van der Waals surface area contributed by atoms with Gasteiger partial charge in [-0.3, -0.25) is 14.4 Å². The summed E-state index contributed by atoms with van der Waals surface area (Å²) < 4.78 is 16.9. The molecule has 6 nitrogen and oxygen atoms in total. The van der Waals surface area contributed by atoms with Gasteiger partial charge in [0.15, 0.2) is 6.10 Å². The molecule has 0 saturated carbocycles. The first-order chi connectivity index (χ1) is 37.0. The van der Waals surface area contributed by atoms with E-state index in [-0.39, 0.29) is 31.1 Å².